The Kier molecular flexibility index (Phi) is 4.76. The minimum absolute atomic E-state index is 0.0688. The third-order valence-electron chi connectivity index (χ3n) is 7.04. The maximum Gasteiger partial charge on any atom is 0.321 e. The van der Waals surface area contributed by atoms with Crippen LogP contribution in [0, 0.1) is 23.2 Å². The van der Waals surface area contributed by atoms with Crippen LogP contribution >= 0.6 is 0 Å². The van der Waals surface area contributed by atoms with Crippen molar-refractivity contribution in [3.8, 4) is 0 Å². The molecule has 1 amide bonds. The zero-order chi connectivity index (χ0) is 20.9. The molecule has 1 unspecified atom stereocenters. The van der Waals surface area contributed by atoms with Crippen molar-refractivity contribution in [3.05, 3.63) is 29.7 Å². The van der Waals surface area contributed by atoms with Gasteiger partial charge in [-0.25, -0.2) is 9.50 Å². The van der Waals surface area contributed by atoms with Crippen LogP contribution in [0.2, 0.25) is 0 Å². The van der Waals surface area contributed by atoms with E-state index in [1.165, 1.54) is 32.8 Å². The largest absolute Gasteiger partial charge is 0.468 e. The molecule has 1 saturated heterocycles. The van der Waals surface area contributed by atoms with Crippen LogP contribution in [0.1, 0.15) is 56.0 Å². The Morgan fingerprint density at radius 3 is 2.70 bits per heavy atom. The number of hydrogen-bond acceptors (Lipinski definition) is 6. The van der Waals surface area contributed by atoms with Crippen LogP contribution in [-0.2, 0) is 20.7 Å². The van der Waals surface area contributed by atoms with Crippen molar-refractivity contribution >= 4 is 17.5 Å². The molecule has 160 valence electrons. The lowest BCUT2D eigenvalue weighted by Crippen LogP contribution is -2.52. The predicted molar refractivity (Wildman–Crippen MR) is 109 cm³/mol. The second-order valence-electron chi connectivity index (χ2n) is 9.18. The molecule has 2 saturated carbocycles. The summed E-state index contributed by atoms with van der Waals surface area (Å²) in [6, 6.07) is 3.65. The van der Waals surface area contributed by atoms with E-state index in [2.05, 4.69) is 10.4 Å². The van der Waals surface area contributed by atoms with E-state index < -0.39 is 11.4 Å². The summed E-state index contributed by atoms with van der Waals surface area (Å²) in [6.45, 7) is 0.579. The molecule has 3 aliphatic rings. The lowest BCUT2D eigenvalue weighted by molar-refractivity contribution is -0.161. The normalized spacial score (nSPS) is 25.4. The number of imidazole rings is 1. The number of carbonyl (C=O) groups is 2. The molecule has 3 heterocycles. The summed E-state index contributed by atoms with van der Waals surface area (Å²) in [7, 11) is 1.32. The molecule has 0 spiro atoms. The van der Waals surface area contributed by atoms with E-state index in [0.29, 0.717) is 24.6 Å². The molecule has 3 fully saturated rings. The number of piperidine rings is 1. The quantitative estimate of drug-likeness (QED) is 0.531. The number of esters is 1. The standard InChI is InChI=1S/C22H29N5O3/c1-30-21(29)22(9-2-10-24-20(22)28)11-15-7-8-17-25-16(12-27(17)26-15)19(23)18(13-3-4-13)14-5-6-14/h7-8,12-14,18-19H,2-6,9-11,23H2,1H3,(H,24,28)/t19-,22?/m1/s1. The van der Waals surface area contributed by atoms with Crippen molar-refractivity contribution in [2.75, 3.05) is 13.7 Å². The topological polar surface area (TPSA) is 112 Å². The van der Waals surface area contributed by atoms with Crippen molar-refractivity contribution in [1.82, 2.24) is 19.9 Å². The summed E-state index contributed by atoms with van der Waals surface area (Å²) < 4.78 is 6.71. The zero-order valence-electron chi connectivity index (χ0n) is 17.3. The first kappa shape index (κ1) is 19.5. The molecule has 8 heteroatoms. The molecular formula is C22H29N5O3. The van der Waals surface area contributed by atoms with Gasteiger partial charge in [-0.05, 0) is 68.4 Å². The number of nitrogens with zero attached hydrogens (tertiary/aromatic N) is 3. The molecule has 1 aliphatic heterocycles. The van der Waals surface area contributed by atoms with Crippen molar-refractivity contribution in [2.45, 2.75) is 51.0 Å². The minimum Gasteiger partial charge on any atom is -0.468 e. The van der Waals surface area contributed by atoms with Gasteiger partial charge in [0.1, 0.15) is 0 Å². The molecule has 2 aromatic rings. The fourth-order valence-corrected chi connectivity index (χ4v) is 5.14. The Hall–Kier alpha value is -2.48. The van der Waals surface area contributed by atoms with Crippen LogP contribution < -0.4 is 11.1 Å². The minimum atomic E-state index is -1.23. The monoisotopic (exact) mass is 411 g/mol. The Bertz CT molecular complexity index is 958. The fourth-order valence-electron chi connectivity index (χ4n) is 5.14. The maximum absolute atomic E-state index is 12.6. The summed E-state index contributed by atoms with van der Waals surface area (Å²) in [5, 5.41) is 7.47. The van der Waals surface area contributed by atoms with E-state index in [4.69, 9.17) is 15.5 Å². The second kappa shape index (κ2) is 7.34. The lowest BCUT2D eigenvalue weighted by Gasteiger charge is -2.33. The molecule has 0 aromatic carbocycles. The van der Waals surface area contributed by atoms with Crippen LogP contribution in [-0.4, -0.2) is 40.1 Å². The molecule has 2 aromatic heterocycles. The first-order chi connectivity index (χ1) is 14.5. The fraction of sp³-hybridized carbons (Fsp3) is 0.636. The first-order valence-corrected chi connectivity index (χ1v) is 11.0. The molecule has 0 radical (unpaired) electrons. The zero-order valence-corrected chi connectivity index (χ0v) is 17.3. The van der Waals surface area contributed by atoms with Gasteiger partial charge in [0.05, 0.1) is 30.7 Å². The van der Waals surface area contributed by atoms with Crippen LogP contribution in [0.15, 0.2) is 18.3 Å². The average molecular weight is 412 g/mol. The molecule has 30 heavy (non-hydrogen) atoms. The number of fused-ring (bicyclic) bond motifs is 1. The predicted octanol–water partition coefficient (Wildman–Crippen LogP) is 1.78. The van der Waals surface area contributed by atoms with E-state index in [-0.39, 0.29) is 18.4 Å². The first-order valence-electron chi connectivity index (χ1n) is 11.0. The van der Waals surface area contributed by atoms with Crippen molar-refractivity contribution in [3.63, 3.8) is 0 Å². The number of ether oxygens (including phenoxy) is 1. The molecule has 0 bridgehead atoms. The highest BCUT2D eigenvalue weighted by Gasteiger charge is 2.49. The number of rotatable bonds is 7. The average Bonchev–Trinajstić information content (AvgIpc) is 3.68. The number of carbonyl (C=O) groups excluding carboxylic acids is 2. The third-order valence-corrected chi connectivity index (χ3v) is 7.04. The number of nitrogens with one attached hydrogen (secondary N) is 1. The van der Waals surface area contributed by atoms with Gasteiger partial charge in [-0.2, -0.15) is 5.10 Å². The number of amides is 1. The Labute approximate surface area is 175 Å². The van der Waals surface area contributed by atoms with E-state index in [0.717, 1.165) is 29.6 Å². The van der Waals surface area contributed by atoms with E-state index in [9.17, 15) is 9.59 Å². The highest BCUT2D eigenvalue weighted by molar-refractivity contribution is 6.03. The Balaban J connectivity index is 1.42. The van der Waals surface area contributed by atoms with Crippen LogP contribution in [0.4, 0.5) is 0 Å². The van der Waals surface area contributed by atoms with Crippen molar-refractivity contribution in [1.29, 1.82) is 0 Å². The summed E-state index contributed by atoms with van der Waals surface area (Å²) in [4.78, 5) is 29.9. The van der Waals surface area contributed by atoms with Gasteiger partial charge in [0.25, 0.3) is 0 Å². The van der Waals surface area contributed by atoms with Crippen LogP contribution in [0.3, 0.4) is 0 Å². The van der Waals surface area contributed by atoms with Gasteiger partial charge >= 0.3 is 5.97 Å². The molecule has 5 rings (SSSR count). The number of hydrogen-bond donors (Lipinski definition) is 2. The van der Waals surface area contributed by atoms with Gasteiger partial charge in [-0.1, -0.05) is 0 Å². The van der Waals surface area contributed by atoms with Gasteiger partial charge < -0.3 is 15.8 Å². The van der Waals surface area contributed by atoms with Gasteiger partial charge in [-0.15, -0.1) is 0 Å². The van der Waals surface area contributed by atoms with Crippen molar-refractivity contribution in [2.24, 2.45) is 28.9 Å². The smallest absolute Gasteiger partial charge is 0.321 e. The maximum atomic E-state index is 12.6. The second-order valence-corrected chi connectivity index (χ2v) is 9.18. The Morgan fingerprint density at radius 1 is 1.33 bits per heavy atom. The number of aromatic nitrogens is 3. The number of methoxy groups -OCH3 is 1. The SMILES string of the molecule is COC(=O)C1(Cc2ccc3nc([C@@H](N)C(C4CC4)C4CC4)cn3n2)CCCNC1=O. The van der Waals surface area contributed by atoms with Crippen LogP contribution in [0.25, 0.3) is 5.65 Å². The summed E-state index contributed by atoms with van der Waals surface area (Å²) in [6.07, 6.45) is 8.42. The molecule has 2 aliphatic carbocycles. The van der Waals surface area contributed by atoms with E-state index >= 15 is 0 Å². The highest BCUT2D eigenvalue weighted by Crippen LogP contribution is 2.53. The lowest BCUT2D eigenvalue weighted by atomic mass is 9.76. The molecular weight excluding hydrogens is 382 g/mol. The Morgan fingerprint density at radius 2 is 2.07 bits per heavy atom. The molecule has 8 nitrogen and oxygen atoms in total. The summed E-state index contributed by atoms with van der Waals surface area (Å²) >= 11 is 0. The van der Waals surface area contributed by atoms with E-state index in [1.54, 1.807) is 4.52 Å². The number of nitrogens with two attached hydrogens (primary N) is 1. The van der Waals surface area contributed by atoms with Gasteiger partial charge in [0.15, 0.2) is 11.1 Å². The molecule has 3 N–H and O–H groups in total. The third kappa shape index (κ3) is 3.37. The van der Waals surface area contributed by atoms with Crippen molar-refractivity contribution < 1.29 is 14.3 Å². The van der Waals surface area contributed by atoms with Crippen LogP contribution in [0.5, 0.6) is 0 Å². The molecule has 2 atom stereocenters. The van der Waals surface area contributed by atoms with Gasteiger partial charge in [-0.3, -0.25) is 9.59 Å². The van der Waals surface area contributed by atoms with Gasteiger partial charge in [0, 0.05) is 13.0 Å². The highest BCUT2D eigenvalue weighted by atomic mass is 16.5. The summed E-state index contributed by atoms with van der Waals surface area (Å²) in [5.74, 6) is 1.21. The van der Waals surface area contributed by atoms with E-state index in [1.807, 2.05) is 18.3 Å². The summed E-state index contributed by atoms with van der Waals surface area (Å²) in [5.41, 5.74) is 7.69. The van der Waals surface area contributed by atoms with Gasteiger partial charge in [0.2, 0.25) is 5.91 Å².